The molecule has 0 heterocycles. The smallest absolute Gasteiger partial charge is 0.681 e. The van der Waals surface area contributed by atoms with Crippen LogP contribution in [0.2, 0.25) is 0 Å². The van der Waals surface area contributed by atoms with Gasteiger partial charge in [0.2, 0.25) is 0 Å². The molecule has 1 amide bonds. The zero-order valence-corrected chi connectivity index (χ0v) is 12.4. The van der Waals surface area contributed by atoms with Crippen LogP contribution in [0.3, 0.4) is 0 Å². The van der Waals surface area contributed by atoms with Gasteiger partial charge in [-0.3, -0.25) is 13.8 Å². The first-order chi connectivity index (χ1) is 3.91. The minimum Gasteiger partial charge on any atom is -0.681 e. The molecule has 0 aliphatic carbocycles. The molecular formula is C6H14Ca2N2O2-2. The van der Waals surface area contributed by atoms with E-state index in [4.69, 9.17) is 15.3 Å². The fourth-order valence-corrected chi connectivity index (χ4v) is 0. The SMILES string of the molecule is C[NH-].[CH-]=O.[CH2-]N[C-]=O.[CH3-].[CH3-].[Ca+2].[Ca+2]. The predicted molar refractivity (Wildman–Crippen MR) is 55.5 cm³/mol. The summed E-state index contributed by atoms with van der Waals surface area (Å²) >= 11 is 0. The van der Waals surface area contributed by atoms with Crippen molar-refractivity contribution in [2.45, 2.75) is 0 Å². The Morgan fingerprint density at radius 3 is 1.33 bits per heavy atom. The summed E-state index contributed by atoms with van der Waals surface area (Å²) in [6.45, 7) is 3.25. The first kappa shape index (κ1) is 49.5. The number of carbonyl (C=O) groups excluding carboxylic acids is 2. The van der Waals surface area contributed by atoms with Crippen LogP contribution in [0.5, 0.6) is 0 Å². The zero-order valence-electron chi connectivity index (χ0n) is 8.02. The number of amides is 1. The minimum absolute atomic E-state index is 0. The Morgan fingerprint density at radius 2 is 1.33 bits per heavy atom. The molecule has 0 radical (unpaired) electrons. The van der Waals surface area contributed by atoms with Gasteiger partial charge < -0.3 is 35.5 Å². The molecule has 0 unspecified atom stereocenters. The van der Waals surface area contributed by atoms with Gasteiger partial charge in [0.05, 0.1) is 0 Å². The molecule has 6 heteroatoms. The molecule has 0 fully saturated rings. The molecule has 0 aromatic carbocycles. The summed E-state index contributed by atoms with van der Waals surface area (Å²) in [5.74, 6) is 0. The van der Waals surface area contributed by atoms with Crippen LogP contribution in [0.25, 0.3) is 5.73 Å². The largest absolute Gasteiger partial charge is 2.00 e. The number of rotatable bonds is 1. The summed E-state index contributed by atoms with van der Waals surface area (Å²) in [6, 6.07) is 0. The van der Waals surface area contributed by atoms with E-state index in [-0.39, 0.29) is 90.3 Å². The Bertz CT molecular complexity index is 42.7. The average molecular weight is 226 g/mol. The van der Waals surface area contributed by atoms with Crippen molar-refractivity contribution < 1.29 is 9.59 Å². The van der Waals surface area contributed by atoms with Crippen LogP contribution in [-0.4, -0.2) is 95.7 Å². The minimum atomic E-state index is 0. The van der Waals surface area contributed by atoms with Gasteiger partial charge in [0.15, 0.2) is 0 Å². The molecule has 0 aromatic heterocycles. The molecule has 0 rings (SSSR count). The van der Waals surface area contributed by atoms with Gasteiger partial charge >= 0.3 is 75.5 Å². The van der Waals surface area contributed by atoms with Gasteiger partial charge in [-0.25, -0.2) is 6.41 Å². The van der Waals surface area contributed by atoms with Crippen LogP contribution in [-0.2, 0) is 9.59 Å². The molecule has 0 saturated heterocycles. The molecule has 0 aliphatic rings. The molecule has 2 N–H and O–H groups in total. The van der Waals surface area contributed by atoms with Gasteiger partial charge in [0, 0.05) is 0 Å². The molecular weight excluding hydrogens is 212 g/mol. The van der Waals surface area contributed by atoms with E-state index in [0.717, 1.165) is 0 Å². The molecule has 0 aliphatic heterocycles. The summed E-state index contributed by atoms with van der Waals surface area (Å²) in [5.41, 5.74) is 5.75. The summed E-state index contributed by atoms with van der Waals surface area (Å²) in [6.07, 6.45) is 1.32. The van der Waals surface area contributed by atoms with Crippen molar-refractivity contribution in [2.24, 2.45) is 0 Å². The van der Waals surface area contributed by atoms with E-state index in [1.165, 1.54) is 13.5 Å². The maximum Gasteiger partial charge on any atom is 2.00 e. The summed E-state index contributed by atoms with van der Waals surface area (Å²) in [5, 5.41) is 1.88. The first-order valence-corrected chi connectivity index (χ1v) is 1.54. The topological polar surface area (TPSA) is 70.0 Å². The summed E-state index contributed by atoms with van der Waals surface area (Å²) in [7, 11) is 4.18. The number of nitrogens with one attached hydrogen (secondary N) is 2. The van der Waals surface area contributed by atoms with E-state index in [9.17, 15) is 0 Å². The molecule has 0 spiro atoms. The van der Waals surface area contributed by atoms with Crippen molar-refractivity contribution in [3.8, 4) is 0 Å². The van der Waals surface area contributed by atoms with Crippen LogP contribution in [0, 0.1) is 21.9 Å². The Labute approximate surface area is 136 Å². The molecule has 0 bridgehead atoms. The Hall–Kier alpha value is 1.62. The second-order valence-corrected chi connectivity index (χ2v) is 0.279. The van der Waals surface area contributed by atoms with Crippen molar-refractivity contribution in [3.05, 3.63) is 27.6 Å². The van der Waals surface area contributed by atoms with Crippen LogP contribution in [0.1, 0.15) is 0 Å². The van der Waals surface area contributed by atoms with Gasteiger partial charge in [-0.2, -0.15) is 7.05 Å². The van der Waals surface area contributed by atoms with E-state index in [0.29, 0.717) is 0 Å². The fraction of sp³-hybridized carbons (Fsp3) is 0.167. The quantitative estimate of drug-likeness (QED) is 0.295. The maximum absolute atomic E-state index is 8.88. The van der Waals surface area contributed by atoms with E-state index in [1.807, 2.05) is 5.32 Å². The predicted octanol–water partition coefficient (Wildman–Crippen LogP) is -0.0319. The third-order valence-corrected chi connectivity index (χ3v) is 0.0722. The third-order valence-electron chi connectivity index (χ3n) is 0.0722. The van der Waals surface area contributed by atoms with Gasteiger partial charge in [0.25, 0.3) is 0 Å². The van der Waals surface area contributed by atoms with Crippen molar-refractivity contribution in [2.75, 3.05) is 7.05 Å². The van der Waals surface area contributed by atoms with E-state index in [1.54, 1.807) is 0 Å². The standard InChI is InChI=1S/C2H3NO.CH4N.CHO.2CH3.2Ca/c1-3-2-4;2*1-2;;;;/h1H2,(H,3,4);2H,1H3;1H;2*1H3;;/q-2;4*-1;2*+2. The van der Waals surface area contributed by atoms with Crippen molar-refractivity contribution in [1.82, 2.24) is 5.32 Å². The molecule has 4 nitrogen and oxygen atoms in total. The van der Waals surface area contributed by atoms with Gasteiger partial charge in [-0.05, 0) is 0 Å². The van der Waals surface area contributed by atoms with E-state index in [2.05, 4.69) is 13.8 Å². The second kappa shape index (κ2) is 130. The van der Waals surface area contributed by atoms with E-state index >= 15 is 0 Å². The second-order valence-electron chi connectivity index (χ2n) is 0.279. The van der Waals surface area contributed by atoms with E-state index < -0.39 is 0 Å². The van der Waals surface area contributed by atoms with Crippen molar-refractivity contribution in [3.63, 3.8) is 0 Å². The Kier molecular flexibility index (Phi) is 536. The third kappa shape index (κ3) is 191. The van der Waals surface area contributed by atoms with Crippen LogP contribution >= 0.6 is 0 Å². The molecule has 0 saturated carbocycles. The number of hydrogen-bond donors (Lipinski definition) is 1. The van der Waals surface area contributed by atoms with Gasteiger partial charge in [-0.1, -0.05) is 0 Å². The molecule has 0 atom stereocenters. The molecule has 0 aromatic rings. The average Bonchev–Trinajstić information content (AvgIpc) is 1.96. The van der Waals surface area contributed by atoms with Crippen molar-refractivity contribution >= 4 is 88.7 Å². The van der Waals surface area contributed by atoms with Crippen molar-refractivity contribution in [1.29, 1.82) is 0 Å². The fourth-order valence-electron chi connectivity index (χ4n) is 0. The van der Waals surface area contributed by atoms with Crippen LogP contribution in [0.15, 0.2) is 0 Å². The van der Waals surface area contributed by atoms with Crippen LogP contribution < -0.4 is 5.32 Å². The van der Waals surface area contributed by atoms with Gasteiger partial charge in [-0.15, -0.1) is 0 Å². The molecule has 66 valence electrons. The summed E-state index contributed by atoms with van der Waals surface area (Å²) in [4.78, 5) is 16.6. The Morgan fingerprint density at radius 1 is 1.25 bits per heavy atom. The first-order valence-electron chi connectivity index (χ1n) is 1.54. The normalized spacial score (nSPS) is 2.58. The summed E-state index contributed by atoms with van der Waals surface area (Å²) < 4.78 is 0. The van der Waals surface area contributed by atoms with Crippen LogP contribution in [0.4, 0.5) is 0 Å². The zero-order chi connectivity index (χ0) is 7.41. The number of hydrogen-bond acceptors (Lipinski definition) is 2. The monoisotopic (exact) mass is 226 g/mol. The Balaban J connectivity index is -0.00000000575. The molecule has 12 heavy (non-hydrogen) atoms. The van der Waals surface area contributed by atoms with Gasteiger partial charge in [0.1, 0.15) is 0 Å². The maximum atomic E-state index is 8.88.